The molecule has 0 saturated heterocycles. The molecule has 0 aliphatic carbocycles. The third kappa shape index (κ3) is 2.97. The highest BCUT2D eigenvalue weighted by Crippen LogP contribution is 2.27. The van der Waals surface area contributed by atoms with Crippen LogP contribution in [0.15, 0.2) is 22.7 Å². The Morgan fingerprint density at radius 2 is 2.23 bits per heavy atom. The lowest BCUT2D eigenvalue weighted by molar-refractivity contribution is 0.675. The highest BCUT2D eigenvalue weighted by atomic mass is 79.9. The van der Waals surface area contributed by atoms with E-state index in [4.69, 9.17) is 11.6 Å². The summed E-state index contributed by atoms with van der Waals surface area (Å²) in [6.07, 6.45) is 0. The van der Waals surface area contributed by atoms with Crippen molar-refractivity contribution in [1.29, 1.82) is 0 Å². The van der Waals surface area contributed by atoms with Crippen LogP contribution in [0.25, 0.3) is 0 Å². The molecule has 72 valence electrons. The molecule has 1 aromatic carbocycles. The number of hydrogen-bond acceptors (Lipinski definition) is 1. The summed E-state index contributed by atoms with van der Waals surface area (Å²) >= 11 is 9.36. The molecule has 0 spiro atoms. The van der Waals surface area contributed by atoms with Gasteiger partial charge in [-0.25, -0.2) is 0 Å². The molecule has 13 heavy (non-hydrogen) atoms. The molecule has 0 saturated carbocycles. The Labute approximate surface area is 92.6 Å². The van der Waals surface area contributed by atoms with E-state index >= 15 is 0 Å². The first-order valence-corrected chi connectivity index (χ1v) is 5.41. The number of likely N-dealkylation sites (N-methyl/N-ethyl adjacent to an activating group) is 1. The van der Waals surface area contributed by atoms with Crippen molar-refractivity contribution in [3.8, 4) is 0 Å². The minimum absolute atomic E-state index is 0.497. The van der Waals surface area contributed by atoms with E-state index in [-0.39, 0.29) is 0 Å². The van der Waals surface area contributed by atoms with Gasteiger partial charge < -0.3 is 5.32 Å². The summed E-state index contributed by atoms with van der Waals surface area (Å²) in [5.41, 5.74) is 1.29. The first kappa shape index (κ1) is 11.0. The van der Waals surface area contributed by atoms with Gasteiger partial charge in [0.1, 0.15) is 0 Å². The highest BCUT2D eigenvalue weighted by Gasteiger charge is 2.08. The van der Waals surface area contributed by atoms with E-state index in [1.807, 2.05) is 19.2 Å². The predicted molar refractivity (Wildman–Crippen MR) is 61.5 cm³/mol. The van der Waals surface area contributed by atoms with Crippen molar-refractivity contribution in [1.82, 2.24) is 5.32 Å². The zero-order valence-electron chi connectivity index (χ0n) is 7.77. The first-order chi connectivity index (χ1) is 6.15. The summed E-state index contributed by atoms with van der Waals surface area (Å²) in [4.78, 5) is 0. The molecule has 1 unspecified atom stereocenters. The van der Waals surface area contributed by atoms with Gasteiger partial charge >= 0.3 is 0 Å². The van der Waals surface area contributed by atoms with Crippen molar-refractivity contribution in [3.63, 3.8) is 0 Å². The first-order valence-electron chi connectivity index (χ1n) is 4.24. The lowest BCUT2D eigenvalue weighted by atomic mass is 10.0. The standard InChI is InChI=1S/C10H13BrClN/c1-7(6-13-2)9-4-3-8(12)5-10(9)11/h3-5,7,13H,6H2,1-2H3. The molecule has 1 aromatic rings. The van der Waals surface area contributed by atoms with Crippen LogP contribution in [0, 0.1) is 0 Å². The van der Waals surface area contributed by atoms with Crippen LogP contribution in [-0.4, -0.2) is 13.6 Å². The van der Waals surface area contributed by atoms with E-state index in [9.17, 15) is 0 Å². The van der Waals surface area contributed by atoms with Gasteiger partial charge in [-0.1, -0.05) is 40.5 Å². The Kier molecular flexibility index (Phi) is 4.23. The van der Waals surface area contributed by atoms with Crippen molar-refractivity contribution in [2.45, 2.75) is 12.8 Å². The predicted octanol–water partition coefficient (Wildman–Crippen LogP) is 3.43. The molecule has 0 aliphatic rings. The van der Waals surface area contributed by atoms with Crippen LogP contribution < -0.4 is 5.32 Å². The van der Waals surface area contributed by atoms with Crippen LogP contribution in [0.2, 0.25) is 5.02 Å². The number of nitrogens with one attached hydrogen (secondary N) is 1. The lowest BCUT2D eigenvalue weighted by Gasteiger charge is -2.13. The smallest absolute Gasteiger partial charge is 0.0417 e. The zero-order chi connectivity index (χ0) is 9.84. The minimum Gasteiger partial charge on any atom is -0.319 e. The third-order valence-electron chi connectivity index (χ3n) is 2.00. The monoisotopic (exact) mass is 261 g/mol. The number of halogens is 2. The van der Waals surface area contributed by atoms with Gasteiger partial charge in [-0.05, 0) is 30.7 Å². The van der Waals surface area contributed by atoms with Crippen molar-refractivity contribution >= 4 is 27.5 Å². The van der Waals surface area contributed by atoms with Gasteiger partial charge in [-0.2, -0.15) is 0 Å². The Hall–Kier alpha value is -0.0500. The summed E-state index contributed by atoms with van der Waals surface area (Å²) in [6.45, 7) is 3.16. The summed E-state index contributed by atoms with van der Waals surface area (Å²) in [7, 11) is 1.96. The van der Waals surface area contributed by atoms with Crippen molar-refractivity contribution in [3.05, 3.63) is 33.3 Å². The van der Waals surface area contributed by atoms with Gasteiger partial charge in [0.15, 0.2) is 0 Å². The van der Waals surface area contributed by atoms with Crippen molar-refractivity contribution < 1.29 is 0 Å². The van der Waals surface area contributed by atoms with Gasteiger partial charge in [-0.3, -0.25) is 0 Å². The fourth-order valence-corrected chi connectivity index (χ4v) is 2.39. The summed E-state index contributed by atoms with van der Waals surface area (Å²) < 4.78 is 1.09. The maximum absolute atomic E-state index is 5.85. The molecule has 0 aromatic heterocycles. The fourth-order valence-electron chi connectivity index (χ4n) is 1.32. The van der Waals surface area contributed by atoms with Crippen molar-refractivity contribution in [2.75, 3.05) is 13.6 Å². The SMILES string of the molecule is CNCC(C)c1ccc(Cl)cc1Br. The van der Waals surface area contributed by atoms with E-state index < -0.39 is 0 Å². The van der Waals surface area contributed by atoms with E-state index in [1.54, 1.807) is 0 Å². The number of rotatable bonds is 3. The average Bonchev–Trinajstić information content (AvgIpc) is 2.04. The van der Waals surface area contributed by atoms with Gasteiger partial charge in [0.25, 0.3) is 0 Å². The second-order valence-corrected chi connectivity index (χ2v) is 4.42. The second kappa shape index (κ2) is 4.99. The van der Waals surface area contributed by atoms with Crippen LogP contribution in [0.5, 0.6) is 0 Å². The largest absolute Gasteiger partial charge is 0.319 e. The van der Waals surface area contributed by atoms with Crippen LogP contribution in [0.4, 0.5) is 0 Å². The molecule has 0 amide bonds. The van der Waals surface area contributed by atoms with Crippen LogP contribution in [0.1, 0.15) is 18.4 Å². The fraction of sp³-hybridized carbons (Fsp3) is 0.400. The Morgan fingerprint density at radius 3 is 2.77 bits per heavy atom. The molecule has 1 N–H and O–H groups in total. The third-order valence-corrected chi connectivity index (χ3v) is 2.93. The zero-order valence-corrected chi connectivity index (χ0v) is 10.1. The molecule has 0 aliphatic heterocycles. The van der Waals surface area contributed by atoms with Crippen LogP contribution in [0.3, 0.4) is 0 Å². The lowest BCUT2D eigenvalue weighted by Crippen LogP contribution is -2.14. The van der Waals surface area contributed by atoms with Crippen LogP contribution in [-0.2, 0) is 0 Å². The topological polar surface area (TPSA) is 12.0 Å². The van der Waals surface area contributed by atoms with Crippen LogP contribution >= 0.6 is 27.5 Å². The van der Waals surface area contributed by atoms with Gasteiger partial charge in [0, 0.05) is 16.0 Å². The summed E-state index contributed by atoms with van der Waals surface area (Å²) in [5.74, 6) is 0.497. The van der Waals surface area contributed by atoms with E-state index in [1.165, 1.54) is 5.56 Å². The number of benzene rings is 1. The molecular formula is C10H13BrClN. The Bertz CT molecular complexity index is 288. The molecule has 1 rings (SSSR count). The highest BCUT2D eigenvalue weighted by molar-refractivity contribution is 9.10. The average molecular weight is 263 g/mol. The number of hydrogen-bond donors (Lipinski definition) is 1. The molecular weight excluding hydrogens is 249 g/mol. The maximum Gasteiger partial charge on any atom is 0.0417 e. The van der Waals surface area contributed by atoms with Gasteiger partial charge in [-0.15, -0.1) is 0 Å². The summed E-state index contributed by atoms with van der Waals surface area (Å²) in [6, 6.07) is 5.92. The quantitative estimate of drug-likeness (QED) is 0.880. The minimum atomic E-state index is 0.497. The van der Waals surface area contributed by atoms with E-state index in [0.29, 0.717) is 5.92 Å². The summed E-state index contributed by atoms with van der Waals surface area (Å²) in [5, 5.41) is 3.92. The second-order valence-electron chi connectivity index (χ2n) is 3.12. The maximum atomic E-state index is 5.85. The molecule has 0 fully saturated rings. The van der Waals surface area contributed by atoms with Gasteiger partial charge in [0.2, 0.25) is 0 Å². The van der Waals surface area contributed by atoms with Crippen molar-refractivity contribution in [2.24, 2.45) is 0 Å². The van der Waals surface area contributed by atoms with E-state index in [0.717, 1.165) is 16.0 Å². The molecule has 0 bridgehead atoms. The Morgan fingerprint density at radius 1 is 1.54 bits per heavy atom. The molecule has 1 nitrogen and oxygen atoms in total. The molecule has 0 radical (unpaired) electrons. The molecule has 1 atom stereocenters. The van der Waals surface area contributed by atoms with Gasteiger partial charge in [0.05, 0.1) is 0 Å². The molecule has 0 heterocycles. The Balaban J connectivity index is 2.88. The van der Waals surface area contributed by atoms with E-state index in [2.05, 4.69) is 34.2 Å². The normalized spacial score (nSPS) is 12.9. The molecule has 3 heteroatoms.